The van der Waals surface area contributed by atoms with E-state index in [2.05, 4.69) is 10.2 Å². The molecule has 4 fully saturated rings. The van der Waals surface area contributed by atoms with Gasteiger partial charge in [-0.3, -0.25) is 15.2 Å². The van der Waals surface area contributed by atoms with Crippen molar-refractivity contribution in [3.05, 3.63) is 48.3 Å². The Labute approximate surface area is 277 Å². The van der Waals surface area contributed by atoms with Crippen molar-refractivity contribution in [1.29, 1.82) is 0 Å². The van der Waals surface area contributed by atoms with Crippen molar-refractivity contribution in [3.63, 3.8) is 0 Å². The van der Waals surface area contributed by atoms with Crippen LogP contribution < -0.4 is 10.2 Å². The largest absolute Gasteiger partial charge is 0.490 e. The van der Waals surface area contributed by atoms with Crippen LogP contribution in [-0.2, 0) is 14.8 Å². The van der Waals surface area contributed by atoms with Crippen LogP contribution in [0, 0.1) is 11.7 Å². The van der Waals surface area contributed by atoms with Crippen LogP contribution in [0.2, 0.25) is 0 Å². The number of amides is 2. The molecule has 1 spiro atoms. The van der Waals surface area contributed by atoms with Gasteiger partial charge in [0.25, 0.3) is 0 Å². The molecule has 262 valence electrons. The lowest BCUT2D eigenvalue weighted by molar-refractivity contribution is -0.192. The molecule has 4 aliphatic rings. The molecule has 15 heteroatoms. The van der Waals surface area contributed by atoms with Crippen molar-refractivity contribution in [2.75, 3.05) is 38.6 Å². The third kappa shape index (κ3) is 7.84. The lowest BCUT2D eigenvalue weighted by atomic mass is 9.84. The van der Waals surface area contributed by atoms with E-state index in [1.807, 2.05) is 0 Å². The van der Waals surface area contributed by atoms with Crippen LogP contribution in [0.5, 0.6) is 0 Å². The van der Waals surface area contributed by atoms with Gasteiger partial charge in [-0.2, -0.15) is 13.2 Å². The second-order valence-electron chi connectivity index (χ2n) is 13.1. The number of likely N-dealkylation sites (tertiary alicyclic amines) is 1. The van der Waals surface area contributed by atoms with Gasteiger partial charge in [-0.1, -0.05) is 31.4 Å². The number of nitrogens with zero attached hydrogens (tertiary/aromatic N) is 4. The Bertz CT molecular complexity index is 1630. The van der Waals surface area contributed by atoms with Crippen molar-refractivity contribution in [1.82, 2.24) is 14.5 Å². The summed E-state index contributed by atoms with van der Waals surface area (Å²) in [7, 11) is -0.602. The van der Waals surface area contributed by atoms with Crippen LogP contribution >= 0.6 is 0 Å². The zero-order valence-electron chi connectivity index (χ0n) is 27.0. The number of hydrogen-bond acceptors (Lipinski definition) is 6. The number of carboxylic acid groups (broad SMARTS) is 1. The fourth-order valence-corrected chi connectivity index (χ4v) is 7.54. The summed E-state index contributed by atoms with van der Waals surface area (Å²) in [6, 6.07) is 11.0. The molecule has 2 saturated heterocycles. The number of aliphatic imine (C=N–C) groups is 1. The van der Waals surface area contributed by atoms with E-state index in [4.69, 9.17) is 14.9 Å². The van der Waals surface area contributed by atoms with E-state index in [9.17, 15) is 30.8 Å². The third-order valence-electron chi connectivity index (χ3n) is 9.47. The zero-order valence-corrected chi connectivity index (χ0v) is 27.8. The van der Waals surface area contributed by atoms with Crippen LogP contribution in [0.4, 0.5) is 28.0 Å². The van der Waals surface area contributed by atoms with Gasteiger partial charge in [-0.05, 0) is 80.3 Å². The summed E-state index contributed by atoms with van der Waals surface area (Å²) in [4.78, 5) is 32.3. The summed E-state index contributed by atoms with van der Waals surface area (Å²) in [6.45, 7) is 2.81. The number of anilines is 1. The Morgan fingerprint density at radius 2 is 1.62 bits per heavy atom. The Balaban J connectivity index is 0.000000582. The highest BCUT2D eigenvalue weighted by Gasteiger charge is 2.54. The maximum Gasteiger partial charge on any atom is 0.490 e. The van der Waals surface area contributed by atoms with Crippen LogP contribution in [0.3, 0.4) is 0 Å². The predicted octanol–water partition coefficient (Wildman–Crippen LogP) is 5.88. The fraction of sp³-hybridized carbons (Fsp3) is 0.545. The second kappa shape index (κ2) is 14.1. The number of amidine groups is 1. The molecule has 0 atom stereocenters. The van der Waals surface area contributed by atoms with Crippen LogP contribution in [-0.4, -0.2) is 92.1 Å². The average molecular weight is 696 g/mol. The SMILES string of the molecule is CN(C)S(=O)(=O)c1ccc(-c2ccc(F)cc2N2C(=O)NC(=NC3CCCCC3)C23CCN(CC2CC2)CC3)cc1.O=C(O)C(F)(F)F. The van der Waals surface area contributed by atoms with E-state index in [0.29, 0.717) is 16.8 Å². The Kier molecular flexibility index (Phi) is 10.5. The molecule has 0 aromatic heterocycles. The number of carbonyl (C=O) groups is 2. The molecule has 2 saturated carbocycles. The quantitative estimate of drug-likeness (QED) is 0.349. The number of halogens is 4. The minimum Gasteiger partial charge on any atom is -0.475 e. The highest BCUT2D eigenvalue weighted by atomic mass is 32.2. The molecule has 2 amide bonds. The highest BCUT2D eigenvalue weighted by Crippen LogP contribution is 2.43. The summed E-state index contributed by atoms with van der Waals surface area (Å²) >= 11 is 0. The smallest absolute Gasteiger partial charge is 0.475 e. The van der Waals surface area contributed by atoms with Crippen molar-refractivity contribution in [2.45, 2.75) is 80.4 Å². The highest BCUT2D eigenvalue weighted by molar-refractivity contribution is 7.89. The molecule has 2 heterocycles. The maximum atomic E-state index is 14.9. The number of aliphatic carboxylic acids is 1. The van der Waals surface area contributed by atoms with Gasteiger partial charge in [0, 0.05) is 39.3 Å². The number of alkyl halides is 3. The number of benzene rings is 2. The summed E-state index contributed by atoms with van der Waals surface area (Å²) in [6.07, 6.45) is 4.52. The van der Waals surface area contributed by atoms with Gasteiger partial charge in [-0.25, -0.2) is 26.7 Å². The van der Waals surface area contributed by atoms with E-state index in [-0.39, 0.29) is 17.0 Å². The minimum absolute atomic E-state index is 0.176. The number of carbonyl (C=O) groups excluding carboxylic acids is 1. The number of piperidine rings is 1. The van der Waals surface area contributed by atoms with Gasteiger partial charge in [0.05, 0.1) is 16.6 Å². The third-order valence-corrected chi connectivity index (χ3v) is 11.3. The minimum atomic E-state index is -5.08. The number of rotatable bonds is 7. The second-order valence-corrected chi connectivity index (χ2v) is 15.2. The molecule has 10 nitrogen and oxygen atoms in total. The Hall–Kier alpha value is -3.56. The first-order chi connectivity index (χ1) is 22.6. The van der Waals surface area contributed by atoms with Gasteiger partial charge < -0.3 is 10.0 Å². The molecular weight excluding hydrogens is 654 g/mol. The number of hydrogen-bond donors (Lipinski definition) is 2. The van der Waals surface area contributed by atoms with E-state index in [1.54, 1.807) is 35.2 Å². The van der Waals surface area contributed by atoms with E-state index >= 15 is 0 Å². The summed E-state index contributed by atoms with van der Waals surface area (Å²) < 4.78 is 73.1. The molecular formula is C33H41F4N5O5S. The first-order valence-corrected chi connectivity index (χ1v) is 17.6. The molecule has 0 unspecified atom stereocenters. The monoisotopic (exact) mass is 695 g/mol. The lowest BCUT2D eigenvalue weighted by Gasteiger charge is -2.44. The first kappa shape index (κ1) is 35.7. The molecule has 0 radical (unpaired) electrons. The number of nitrogens with one attached hydrogen (secondary N) is 1. The summed E-state index contributed by atoms with van der Waals surface area (Å²) in [5.74, 6) is -1.68. The zero-order chi connectivity index (χ0) is 34.9. The van der Waals surface area contributed by atoms with Crippen molar-refractivity contribution in [2.24, 2.45) is 10.9 Å². The van der Waals surface area contributed by atoms with Crippen LogP contribution in [0.25, 0.3) is 11.1 Å². The molecule has 6 rings (SSSR count). The van der Waals surface area contributed by atoms with Gasteiger partial charge in [0.1, 0.15) is 17.2 Å². The molecule has 48 heavy (non-hydrogen) atoms. The summed E-state index contributed by atoms with van der Waals surface area (Å²) in [5, 5.41) is 10.3. The number of carboxylic acids is 1. The van der Waals surface area contributed by atoms with Crippen molar-refractivity contribution >= 4 is 33.5 Å². The molecule has 2 aromatic carbocycles. The normalized spacial score (nSPS) is 21.4. The van der Waals surface area contributed by atoms with Crippen LogP contribution in [0.1, 0.15) is 57.8 Å². The van der Waals surface area contributed by atoms with Crippen molar-refractivity contribution < 1.29 is 40.7 Å². The topological polar surface area (TPSA) is 123 Å². The summed E-state index contributed by atoms with van der Waals surface area (Å²) in [5.41, 5.74) is 1.19. The Morgan fingerprint density at radius 3 is 2.17 bits per heavy atom. The number of urea groups is 1. The molecule has 2 aliphatic heterocycles. The molecule has 2 aliphatic carbocycles. The van der Waals surface area contributed by atoms with E-state index in [1.165, 1.54) is 49.8 Å². The van der Waals surface area contributed by atoms with Crippen LogP contribution in [0.15, 0.2) is 52.4 Å². The van der Waals surface area contributed by atoms with Gasteiger partial charge >= 0.3 is 18.2 Å². The Morgan fingerprint density at radius 1 is 1.02 bits per heavy atom. The molecule has 2 aromatic rings. The lowest BCUT2D eigenvalue weighted by Crippen LogP contribution is -2.57. The van der Waals surface area contributed by atoms with E-state index in [0.717, 1.165) is 69.9 Å². The fourth-order valence-electron chi connectivity index (χ4n) is 6.64. The molecule has 0 bridgehead atoms. The standard InChI is InChI=1S/C31H40FN5O3S.C2HF3O2/c1-35(2)41(39,40)26-13-10-23(11-14-26)27-15-12-24(32)20-28(27)37-30(38)34-29(33-25-6-4-3-5-7-25)31(37)16-18-36(19-17-31)21-22-8-9-22;3-2(4,5)1(6)7/h10-15,20,22,25H,3-9,16-19,21H2,1-2H3,(H,33,34,38);(H,6,7). The van der Waals surface area contributed by atoms with Gasteiger partial charge in [-0.15, -0.1) is 0 Å². The molecule has 2 N–H and O–H groups in total. The van der Waals surface area contributed by atoms with Gasteiger partial charge in [0.15, 0.2) is 0 Å². The average Bonchev–Trinajstić information content (AvgIpc) is 3.82. The maximum absolute atomic E-state index is 14.9. The predicted molar refractivity (Wildman–Crippen MR) is 173 cm³/mol. The first-order valence-electron chi connectivity index (χ1n) is 16.2. The van der Waals surface area contributed by atoms with Gasteiger partial charge in [0.2, 0.25) is 10.0 Å². The number of sulfonamides is 1. The van der Waals surface area contributed by atoms with E-state index < -0.39 is 33.5 Å². The van der Waals surface area contributed by atoms with Crippen molar-refractivity contribution in [3.8, 4) is 11.1 Å².